The molecule has 0 bridgehead atoms. The molecular formula is C17H26ClFN4O. The summed E-state index contributed by atoms with van der Waals surface area (Å²) in [5.74, 6) is 0.0325. The second kappa shape index (κ2) is 9.20. The average Bonchev–Trinajstić information content (AvgIpc) is 3.04. The Kier molecular flexibility index (Phi) is 7.27. The number of nitrogens with two attached hydrogens (primary N) is 1. The van der Waals surface area contributed by atoms with Crippen molar-refractivity contribution in [3.8, 4) is 0 Å². The van der Waals surface area contributed by atoms with E-state index < -0.39 is 0 Å². The molecule has 5 nitrogen and oxygen atoms in total. The Bertz CT molecular complexity index is 543. The molecule has 0 aliphatic carbocycles. The van der Waals surface area contributed by atoms with Gasteiger partial charge >= 0.3 is 0 Å². The van der Waals surface area contributed by atoms with Crippen LogP contribution in [0, 0.1) is 5.82 Å². The molecule has 0 aromatic heterocycles. The van der Waals surface area contributed by atoms with E-state index >= 15 is 0 Å². The van der Waals surface area contributed by atoms with Gasteiger partial charge < -0.3 is 15.8 Å². The van der Waals surface area contributed by atoms with Crippen molar-refractivity contribution in [3.05, 3.63) is 34.6 Å². The zero-order valence-corrected chi connectivity index (χ0v) is 15.0. The zero-order valence-electron chi connectivity index (χ0n) is 14.3. The second-order valence-electron chi connectivity index (χ2n) is 6.12. The SMILES string of the molecule is COCC(C)NC(N)=NCC(c1c(F)cccc1Cl)N1CCCC1. The van der Waals surface area contributed by atoms with Gasteiger partial charge in [0.1, 0.15) is 5.82 Å². The Hall–Kier alpha value is -1.37. The molecule has 1 aromatic carbocycles. The van der Waals surface area contributed by atoms with Crippen molar-refractivity contribution in [1.29, 1.82) is 0 Å². The van der Waals surface area contributed by atoms with E-state index in [0.29, 0.717) is 29.7 Å². The van der Waals surface area contributed by atoms with Gasteiger partial charge in [-0.15, -0.1) is 0 Å². The van der Waals surface area contributed by atoms with Gasteiger partial charge in [-0.25, -0.2) is 4.39 Å². The number of nitrogens with one attached hydrogen (secondary N) is 1. The van der Waals surface area contributed by atoms with Crippen LogP contribution < -0.4 is 11.1 Å². The second-order valence-corrected chi connectivity index (χ2v) is 6.53. The summed E-state index contributed by atoms with van der Waals surface area (Å²) in [6, 6.07) is 4.62. The highest BCUT2D eigenvalue weighted by Gasteiger charge is 2.27. The molecule has 1 fully saturated rings. The number of halogens is 2. The number of aliphatic imine (C=N–C) groups is 1. The number of guanidine groups is 1. The summed E-state index contributed by atoms with van der Waals surface area (Å²) in [6.07, 6.45) is 2.20. The summed E-state index contributed by atoms with van der Waals surface area (Å²) >= 11 is 6.27. The molecule has 24 heavy (non-hydrogen) atoms. The summed E-state index contributed by atoms with van der Waals surface area (Å²) in [4.78, 5) is 6.63. The van der Waals surface area contributed by atoms with Gasteiger partial charge in [0.15, 0.2) is 5.96 Å². The monoisotopic (exact) mass is 356 g/mol. The van der Waals surface area contributed by atoms with E-state index in [1.165, 1.54) is 6.07 Å². The minimum Gasteiger partial charge on any atom is -0.383 e. The van der Waals surface area contributed by atoms with Crippen LogP contribution in [0.1, 0.15) is 31.4 Å². The van der Waals surface area contributed by atoms with Crippen LogP contribution in [0.5, 0.6) is 0 Å². The fourth-order valence-electron chi connectivity index (χ4n) is 3.05. The van der Waals surface area contributed by atoms with Crippen molar-refractivity contribution in [1.82, 2.24) is 10.2 Å². The van der Waals surface area contributed by atoms with E-state index in [1.807, 2.05) is 6.92 Å². The molecular weight excluding hydrogens is 331 g/mol. The molecule has 0 radical (unpaired) electrons. The maximum absolute atomic E-state index is 14.4. The first-order chi connectivity index (χ1) is 11.5. The van der Waals surface area contributed by atoms with Gasteiger partial charge in [-0.2, -0.15) is 0 Å². The molecule has 0 saturated carbocycles. The van der Waals surface area contributed by atoms with Crippen LogP contribution in [0.3, 0.4) is 0 Å². The number of nitrogens with zero attached hydrogens (tertiary/aromatic N) is 2. The van der Waals surface area contributed by atoms with Crippen molar-refractivity contribution in [2.24, 2.45) is 10.7 Å². The highest BCUT2D eigenvalue weighted by atomic mass is 35.5. The number of hydrogen-bond donors (Lipinski definition) is 2. The molecule has 1 aliphatic heterocycles. The summed E-state index contributed by atoms with van der Waals surface area (Å²) in [6.45, 7) is 4.68. The van der Waals surface area contributed by atoms with E-state index in [1.54, 1.807) is 19.2 Å². The number of likely N-dealkylation sites (tertiary alicyclic amines) is 1. The maximum Gasteiger partial charge on any atom is 0.188 e. The molecule has 2 rings (SSSR count). The smallest absolute Gasteiger partial charge is 0.188 e. The van der Waals surface area contributed by atoms with E-state index in [4.69, 9.17) is 22.1 Å². The van der Waals surface area contributed by atoms with Crippen LogP contribution >= 0.6 is 11.6 Å². The Morgan fingerprint density at radius 2 is 2.17 bits per heavy atom. The first-order valence-corrected chi connectivity index (χ1v) is 8.64. The average molecular weight is 357 g/mol. The van der Waals surface area contributed by atoms with Crippen molar-refractivity contribution in [3.63, 3.8) is 0 Å². The Balaban J connectivity index is 2.15. The number of benzene rings is 1. The lowest BCUT2D eigenvalue weighted by molar-refractivity contribution is 0.179. The van der Waals surface area contributed by atoms with Gasteiger partial charge in [-0.3, -0.25) is 9.89 Å². The molecule has 7 heteroatoms. The highest BCUT2D eigenvalue weighted by Crippen LogP contribution is 2.32. The van der Waals surface area contributed by atoms with Crippen LogP contribution in [0.2, 0.25) is 5.02 Å². The first-order valence-electron chi connectivity index (χ1n) is 8.26. The molecule has 1 heterocycles. The quantitative estimate of drug-likeness (QED) is 0.582. The molecule has 134 valence electrons. The fraction of sp³-hybridized carbons (Fsp3) is 0.588. The van der Waals surface area contributed by atoms with Crippen LogP contribution in [0.4, 0.5) is 4.39 Å². The topological polar surface area (TPSA) is 62.9 Å². The third kappa shape index (κ3) is 5.06. The highest BCUT2D eigenvalue weighted by molar-refractivity contribution is 6.31. The fourth-order valence-corrected chi connectivity index (χ4v) is 3.34. The van der Waals surface area contributed by atoms with E-state index in [2.05, 4.69) is 15.2 Å². The van der Waals surface area contributed by atoms with Gasteiger partial charge in [0.25, 0.3) is 0 Å². The van der Waals surface area contributed by atoms with Crippen molar-refractivity contribution in [2.45, 2.75) is 31.8 Å². The molecule has 0 spiro atoms. The largest absolute Gasteiger partial charge is 0.383 e. The van der Waals surface area contributed by atoms with Gasteiger partial charge in [0.05, 0.1) is 19.2 Å². The summed E-state index contributed by atoms with van der Waals surface area (Å²) in [7, 11) is 1.63. The molecule has 1 aliphatic rings. The zero-order chi connectivity index (χ0) is 17.5. The molecule has 2 atom stereocenters. The molecule has 2 unspecified atom stereocenters. The molecule has 3 N–H and O–H groups in total. The normalized spacial score (nSPS) is 18.6. The Morgan fingerprint density at radius 3 is 2.79 bits per heavy atom. The minimum absolute atomic E-state index is 0.0565. The van der Waals surface area contributed by atoms with Gasteiger partial charge in [-0.05, 0) is 45.0 Å². The Labute approximate surface area is 148 Å². The molecule has 0 amide bonds. The maximum atomic E-state index is 14.4. The lowest BCUT2D eigenvalue weighted by atomic mass is 10.0. The lowest BCUT2D eigenvalue weighted by Gasteiger charge is -2.28. The summed E-state index contributed by atoms with van der Waals surface area (Å²) < 4.78 is 19.4. The number of hydrogen-bond acceptors (Lipinski definition) is 3. The van der Waals surface area contributed by atoms with Crippen molar-refractivity contribution in [2.75, 3.05) is 33.4 Å². The lowest BCUT2D eigenvalue weighted by Crippen LogP contribution is -2.41. The van der Waals surface area contributed by atoms with E-state index in [9.17, 15) is 4.39 Å². The molecule has 1 aromatic rings. The predicted molar refractivity (Wildman–Crippen MR) is 95.9 cm³/mol. The summed E-state index contributed by atoms with van der Waals surface area (Å²) in [5.41, 5.74) is 6.45. The predicted octanol–water partition coefficient (Wildman–Crippen LogP) is 2.56. The number of rotatable bonds is 7. The standard InChI is InChI=1S/C17H26ClFN4O/c1-12(11-24-2)22-17(20)21-10-15(23-8-3-4-9-23)16-13(18)6-5-7-14(16)19/h5-7,12,15H,3-4,8-11H2,1-2H3,(H3,20,21,22). The first kappa shape index (κ1) is 19.0. The van der Waals surface area contributed by atoms with Crippen LogP contribution in [0.25, 0.3) is 0 Å². The Morgan fingerprint density at radius 1 is 1.46 bits per heavy atom. The van der Waals surface area contributed by atoms with Gasteiger partial charge in [0.2, 0.25) is 0 Å². The minimum atomic E-state index is -0.297. The van der Waals surface area contributed by atoms with Crippen molar-refractivity contribution < 1.29 is 9.13 Å². The third-order valence-corrected chi connectivity index (χ3v) is 4.49. The van der Waals surface area contributed by atoms with E-state index in [-0.39, 0.29) is 17.9 Å². The number of ether oxygens (including phenoxy) is 1. The third-order valence-electron chi connectivity index (χ3n) is 4.16. The summed E-state index contributed by atoms with van der Waals surface area (Å²) in [5, 5.41) is 3.50. The van der Waals surface area contributed by atoms with Gasteiger partial charge in [0, 0.05) is 23.7 Å². The van der Waals surface area contributed by atoms with Gasteiger partial charge in [-0.1, -0.05) is 17.7 Å². The van der Waals surface area contributed by atoms with Crippen LogP contribution in [-0.4, -0.2) is 50.3 Å². The van der Waals surface area contributed by atoms with Crippen LogP contribution in [-0.2, 0) is 4.74 Å². The molecule has 1 saturated heterocycles. The van der Waals surface area contributed by atoms with Crippen molar-refractivity contribution >= 4 is 17.6 Å². The van der Waals surface area contributed by atoms with E-state index in [0.717, 1.165) is 25.9 Å². The van der Waals surface area contributed by atoms with Crippen LogP contribution in [0.15, 0.2) is 23.2 Å². The number of methoxy groups -OCH3 is 1.